The van der Waals surface area contributed by atoms with Crippen LogP contribution in [-0.4, -0.2) is 39.8 Å². The number of hydrogen-bond acceptors (Lipinski definition) is 4. The van der Waals surface area contributed by atoms with Crippen molar-refractivity contribution >= 4 is 5.91 Å². The molecule has 1 aliphatic heterocycles. The zero-order chi connectivity index (χ0) is 16.4. The van der Waals surface area contributed by atoms with Gasteiger partial charge in [-0.3, -0.25) is 4.79 Å². The van der Waals surface area contributed by atoms with Gasteiger partial charge >= 0.3 is 0 Å². The van der Waals surface area contributed by atoms with Crippen LogP contribution in [0.25, 0.3) is 5.82 Å². The molecule has 23 heavy (non-hydrogen) atoms. The molecule has 0 aliphatic carbocycles. The maximum atomic E-state index is 12.4. The van der Waals surface area contributed by atoms with Crippen LogP contribution in [0.5, 0.6) is 0 Å². The second-order valence-electron chi connectivity index (χ2n) is 6.29. The largest absolute Gasteiger partial charge is 0.348 e. The summed E-state index contributed by atoms with van der Waals surface area (Å²) in [5, 5.41) is 10.8. The van der Waals surface area contributed by atoms with E-state index in [2.05, 4.69) is 27.6 Å². The Kier molecular flexibility index (Phi) is 4.43. The summed E-state index contributed by atoms with van der Waals surface area (Å²) >= 11 is 0. The molecule has 6 nitrogen and oxygen atoms in total. The third-order valence-corrected chi connectivity index (χ3v) is 4.38. The quantitative estimate of drug-likeness (QED) is 0.903. The molecule has 6 heteroatoms. The molecule has 1 fully saturated rings. The van der Waals surface area contributed by atoms with Gasteiger partial charge < -0.3 is 10.6 Å². The molecular weight excluding hydrogens is 290 g/mol. The molecule has 0 radical (unpaired) electrons. The van der Waals surface area contributed by atoms with E-state index in [9.17, 15) is 4.79 Å². The number of aryl methyl sites for hydroxylation is 2. The van der Waals surface area contributed by atoms with Crippen molar-refractivity contribution in [3.8, 4) is 5.82 Å². The lowest BCUT2D eigenvalue weighted by Gasteiger charge is -2.30. The first-order valence-electron chi connectivity index (χ1n) is 8.06. The van der Waals surface area contributed by atoms with Gasteiger partial charge in [-0.1, -0.05) is 6.92 Å². The van der Waals surface area contributed by atoms with Gasteiger partial charge in [0.15, 0.2) is 5.82 Å². The molecule has 0 bridgehead atoms. The summed E-state index contributed by atoms with van der Waals surface area (Å²) in [6, 6.07) is 5.80. The molecule has 1 aliphatic rings. The van der Waals surface area contributed by atoms with E-state index in [-0.39, 0.29) is 11.9 Å². The predicted molar refractivity (Wildman–Crippen MR) is 88.7 cm³/mol. The Morgan fingerprint density at radius 3 is 2.83 bits per heavy atom. The average molecular weight is 313 g/mol. The lowest BCUT2D eigenvalue weighted by atomic mass is 9.94. The van der Waals surface area contributed by atoms with Gasteiger partial charge in [0.25, 0.3) is 5.91 Å². The van der Waals surface area contributed by atoms with E-state index < -0.39 is 0 Å². The smallest absolute Gasteiger partial charge is 0.253 e. The van der Waals surface area contributed by atoms with Crippen LogP contribution in [-0.2, 0) is 0 Å². The first-order chi connectivity index (χ1) is 11.0. The van der Waals surface area contributed by atoms with Crippen LogP contribution in [0.4, 0.5) is 0 Å². The van der Waals surface area contributed by atoms with Crippen molar-refractivity contribution in [2.45, 2.75) is 33.2 Å². The average Bonchev–Trinajstić information content (AvgIpc) is 2.88. The molecule has 2 aromatic rings. The summed E-state index contributed by atoms with van der Waals surface area (Å²) in [6.07, 6.45) is 2.70. The monoisotopic (exact) mass is 313 g/mol. The van der Waals surface area contributed by atoms with Gasteiger partial charge in [-0.05, 0) is 50.9 Å². The number of amides is 1. The first kappa shape index (κ1) is 15.7. The molecule has 2 aromatic heterocycles. The maximum Gasteiger partial charge on any atom is 0.253 e. The fourth-order valence-electron chi connectivity index (χ4n) is 2.94. The highest BCUT2D eigenvalue weighted by Gasteiger charge is 2.23. The van der Waals surface area contributed by atoms with Crippen molar-refractivity contribution in [3.05, 3.63) is 41.3 Å². The number of nitrogens with one attached hydrogen (secondary N) is 2. The van der Waals surface area contributed by atoms with Crippen LogP contribution in [0.1, 0.15) is 35.1 Å². The van der Waals surface area contributed by atoms with Gasteiger partial charge in [-0.2, -0.15) is 5.10 Å². The molecule has 0 saturated carbocycles. The van der Waals surface area contributed by atoms with Crippen molar-refractivity contribution in [3.63, 3.8) is 0 Å². The number of hydrogen-bond donors (Lipinski definition) is 2. The normalized spacial score (nSPS) is 21.2. The van der Waals surface area contributed by atoms with Crippen LogP contribution < -0.4 is 10.6 Å². The predicted octanol–water partition coefficient (Wildman–Crippen LogP) is 1.61. The molecular formula is C17H23N5O. The van der Waals surface area contributed by atoms with Crippen LogP contribution >= 0.6 is 0 Å². The zero-order valence-electron chi connectivity index (χ0n) is 13.8. The molecule has 2 atom stereocenters. The molecule has 0 spiro atoms. The third kappa shape index (κ3) is 3.42. The van der Waals surface area contributed by atoms with E-state index in [4.69, 9.17) is 0 Å². The van der Waals surface area contributed by atoms with E-state index in [1.54, 1.807) is 16.9 Å². The summed E-state index contributed by atoms with van der Waals surface area (Å²) in [4.78, 5) is 16.8. The summed E-state index contributed by atoms with van der Waals surface area (Å²) in [6.45, 7) is 7.96. The highest BCUT2D eigenvalue weighted by atomic mass is 16.1. The lowest BCUT2D eigenvalue weighted by molar-refractivity contribution is 0.0915. The third-order valence-electron chi connectivity index (χ3n) is 4.38. The number of aromatic nitrogens is 3. The molecule has 0 aromatic carbocycles. The van der Waals surface area contributed by atoms with Crippen molar-refractivity contribution in [2.75, 3.05) is 13.1 Å². The van der Waals surface area contributed by atoms with E-state index in [0.717, 1.165) is 36.7 Å². The van der Waals surface area contributed by atoms with Crippen LogP contribution in [0.15, 0.2) is 24.4 Å². The summed E-state index contributed by atoms with van der Waals surface area (Å²) in [5.74, 6) is 1.14. The Morgan fingerprint density at radius 2 is 2.22 bits per heavy atom. The van der Waals surface area contributed by atoms with Gasteiger partial charge in [0.2, 0.25) is 0 Å². The Morgan fingerprint density at radius 1 is 1.39 bits per heavy atom. The Hall–Kier alpha value is -2.21. The Bertz CT molecular complexity index is 692. The van der Waals surface area contributed by atoms with Crippen LogP contribution in [0.3, 0.4) is 0 Å². The summed E-state index contributed by atoms with van der Waals surface area (Å²) in [5.41, 5.74) is 2.55. The van der Waals surface area contributed by atoms with E-state index in [0.29, 0.717) is 11.5 Å². The fourth-order valence-corrected chi connectivity index (χ4v) is 2.94. The molecule has 2 N–H and O–H groups in total. The van der Waals surface area contributed by atoms with Gasteiger partial charge in [0.05, 0.1) is 11.3 Å². The van der Waals surface area contributed by atoms with E-state index in [1.165, 1.54) is 0 Å². The highest BCUT2D eigenvalue weighted by molar-refractivity contribution is 5.94. The molecule has 2 unspecified atom stereocenters. The van der Waals surface area contributed by atoms with Crippen LogP contribution in [0.2, 0.25) is 0 Å². The molecule has 122 valence electrons. The number of carbonyl (C=O) groups excluding carboxylic acids is 1. The minimum atomic E-state index is -0.0713. The van der Waals surface area contributed by atoms with Crippen molar-refractivity contribution in [2.24, 2.45) is 5.92 Å². The summed E-state index contributed by atoms with van der Waals surface area (Å²) in [7, 11) is 0. The number of piperidine rings is 1. The molecule has 3 rings (SSSR count). The molecule has 1 saturated heterocycles. The van der Waals surface area contributed by atoms with E-state index in [1.807, 2.05) is 26.0 Å². The Labute approximate surface area is 136 Å². The fraction of sp³-hybridized carbons (Fsp3) is 0.471. The number of nitrogens with zero attached hydrogens (tertiary/aromatic N) is 3. The topological polar surface area (TPSA) is 71.8 Å². The molecule has 1 amide bonds. The lowest BCUT2D eigenvalue weighted by Crippen LogP contribution is -2.50. The van der Waals surface area contributed by atoms with Crippen molar-refractivity contribution in [1.29, 1.82) is 0 Å². The van der Waals surface area contributed by atoms with Gasteiger partial charge in [-0.25, -0.2) is 9.67 Å². The number of carbonyl (C=O) groups is 1. The highest BCUT2D eigenvalue weighted by Crippen LogP contribution is 2.13. The zero-order valence-corrected chi connectivity index (χ0v) is 13.8. The number of rotatable bonds is 3. The van der Waals surface area contributed by atoms with Gasteiger partial charge in [0, 0.05) is 24.5 Å². The SMILES string of the molecule is Cc1cc(C)n(-c2ccc(C(=O)NC3CNCCC3C)cn2)n1. The standard InChI is InChI=1S/C17H23N5O/c1-11-6-7-18-10-15(11)20-17(23)14-4-5-16(19-9-14)22-13(3)8-12(2)21-22/h4-5,8-9,11,15,18H,6-7,10H2,1-3H3,(H,20,23). The minimum Gasteiger partial charge on any atom is -0.348 e. The van der Waals surface area contributed by atoms with Gasteiger partial charge in [0.1, 0.15) is 0 Å². The molecule has 3 heterocycles. The second kappa shape index (κ2) is 6.50. The van der Waals surface area contributed by atoms with Crippen molar-refractivity contribution < 1.29 is 4.79 Å². The van der Waals surface area contributed by atoms with Crippen molar-refractivity contribution in [1.82, 2.24) is 25.4 Å². The van der Waals surface area contributed by atoms with E-state index >= 15 is 0 Å². The summed E-state index contributed by atoms with van der Waals surface area (Å²) < 4.78 is 1.78. The Balaban J connectivity index is 1.71. The van der Waals surface area contributed by atoms with Gasteiger partial charge in [-0.15, -0.1) is 0 Å². The number of pyridine rings is 1. The van der Waals surface area contributed by atoms with Crippen LogP contribution in [0, 0.1) is 19.8 Å². The first-order valence-corrected chi connectivity index (χ1v) is 8.06. The second-order valence-corrected chi connectivity index (χ2v) is 6.29. The minimum absolute atomic E-state index is 0.0713. The maximum absolute atomic E-state index is 12.4.